The zero-order valence-electron chi connectivity index (χ0n) is 13.0. The number of fused-ring (bicyclic) bond motifs is 1. The fourth-order valence-electron chi connectivity index (χ4n) is 2.98. The van der Waals surface area contributed by atoms with Gasteiger partial charge in [0, 0.05) is 11.0 Å². The van der Waals surface area contributed by atoms with Gasteiger partial charge in [0.1, 0.15) is 4.88 Å². The Bertz CT molecular complexity index is 982. The van der Waals surface area contributed by atoms with Gasteiger partial charge in [-0.05, 0) is 50.1 Å². The highest BCUT2D eigenvalue weighted by Gasteiger charge is 2.27. The standard InChI is InChI=1S/C19H13BrN2O2S/c20-14-8-9-25-17(14)19(24)22-15-7-6-12(11-4-2-1-3-5-11)13-10-21-18(23)16(13)15/h1-9H,10H2,(H,21,23)(H,22,24). The molecule has 4 rings (SSSR count). The first-order chi connectivity index (χ1) is 12.1. The lowest BCUT2D eigenvalue weighted by Gasteiger charge is -2.12. The Balaban J connectivity index is 1.76. The van der Waals surface area contributed by atoms with Gasteiger partial charge in [0.2, 0.25) is 0 Å². The molecule has 0 aliphatic carbocycles. The first-order valence-electron chi connectivity index (χ1n) is 7.69. The van der Waals surface area contributed by atoms with Crippen LogP contribution in [0.25, 0.3) is 11.1 Å². The third kappa shape index (κ3) is 2.88. The van der Waals surface area contributed by atoms with E-state index in [4.69, 9.17) is 0 Å². The van der Waals surface area contributed by atoms with Crippen LogP contribution in [0.1, 0.15) is 25.6 Å². The number of anilines is 1. The number of carbonyl (C=O) groups excluding carboxylic acids is 2. The van der Waals surface area contributed by atoms with Crippen LogP contribution in [-0.4, -0.2) is 11.8 Å². The summed E-state index contributed by atoms with van der Waals surface area (Å²) in [5.74, 6) is -0.385. The molecule has 1 aromatic heterocycles. The normalized spacial score (nSPS) is 12.6. The van der Waals surface area contributed by atoms with Crippen molar-refractivity contribution in [3.8, 4) is 11.1 Å². The van der Waals surface area contributed by atoms with E-state index in [1.54, 1.807) is 6.07 Å². The number of amides is 2. The predicted octanol–water partition coefficient (Wildman–Crippen LogP) is 4.67. The molecule has 0 spiro atoms. The van der Waals surface area contributed by atoms with Crippen LogP contribution < -0.4 is 10.6 Å². The van der Waals surface area contributed by atoms with Crippen LogP contribution in [0.5, 0.6) is 0 Å². The van der Waals surface area contributed by atoms with Gasteiger partial charge in [-0.1, -0.05) is 36.4 Å². The summed E-state index contributed by atoms with van der Waals surface area (Å²) in [6.45, 7) is 0.463. The maximum atomic E-state index is 12.5. The molecule has 2 amide bonds. The molecule has 0 unspecified atom stereocenters. The highest BCUT2D eigenvalue weighted by atomic mass is 79.9. The number of halogens is 1. The Morgan fingerprint density at radius 3 is 2.64 bits per heavy atom. The molecule has 1 aliphatic rings. The van der Waals surface area contributed by atoms with E-state index in [1.165, 1.54) is 11.3 Å². The van der Waals surface area contributed by atoms with Crippen molar-refractivity contribution in [1.82, 2.24) is 5.32 Å². The molecular weight excluding hydrogens is 400 g/mol. The van der Waals surface area contributed by atoms with Crippen molar-refractivity contribution in [2.45, 2.75) is 6.54 Å². The molecule has 2 N–H and O–H groups in total. The van der Waals surface area contributed by atoms with Gasteiger partial charge in [-0.25, -0.2) is 0 Å². The van der Waals surface area contributed by atoms with Crippen molar-refractivity contribution >= 4 is 44.8 Å². The van der Waals surface area contributed by atoms with Crippen molar-refractivity contribution in [3.05, 3.63) is 74.4 Å². The first kappa shape index (κ1) is 16.1. The van der Waals surface area contributed by atoms with Crippen LogP contribution >= 0.6 is 27.3 Å². The van der Waals surface area contributed by atoms with E-state index in [9.17, 15) is 9.59 Å². The lowest BCUT2D eigenvalue weighted by Crippen LogP contribution is -2.17. The summed E-state index contributed by atoms with van der Waals surface area (Å²) < 4.78 is 0.747. The zero-order valence-corrected chi connectivity index (χ0v) is 15.4. The Morgan fingerprint density at radius 2 is 1.92 bits per heavy atom. The van der Waals surface area contributed by atoms with Crippen molar-refractivity contribution in [3.63, 3.8) is 0 Å². The van der Waals surface area contributed by atoms with E-state index >= 15 is 0 Å². The van der Waals surface area contributed by atoms with Gasteiger partial charge < -0.3 is 10.6 Å². The van der Waals surface area contributed by atoms with Gasteiger partial charge >= 0.3 is 0 Å². The Hall–Kier alpha value is -2.44. The molecule has 124 valence electrons. The second kappa shape index (κ2) is 6.46. The van der Waals surface area contributed by atoms with Crippen molar-refractivity contribution in [2.24, 2.45) is 0 Å². The Kier molecular flexibility index (Phi) is 4.15. The quantitative estimate of drug-likeness (QED) is 0.656. The fourth-order valence-corrected chi connectivity index (χ4v) is 4.42. The number of nitrogens with one attached hydrogen (secondary N) is 2. The van der Waals surface area contributed by atoms with Crippen LogP contribution in [0.3, 0.4) is 0 Å². The topological polar surface area (TPSA) is 58.2 Å². The molecule has 6 heteroatoms. The molecule has 2 heterocycles. The van der Waals surface area contributed by atoms with Crippen molar-refractivity contribution < 1.29 is 9.59 Å². The molecule has 0 fully saturated rings. The highest BCUT2D eigenvalue weighted by molar-refractivity contribution is 9.10. The van der Waals surface area contributed by atoms with E-state index in [0.29, 0.717) is 22.7 Å². The molecule has 3 aromatic rings. The van der Waals surface area contributed by atoms with Crippen LogP contribution in [0, 0.1) is 0 Å². The minimum Gasteiger partial charge on any atom is -0.348 e. The van der Waals surface area contributed by atoms with Crippen LogP contribution in [0.4, 0.5) is 5.69 Å². The molecule has 0 bridgehead atoms. The Morgan fingerprint density at radius 1 is 1.12 bits per heavy atom. The summed E-state index contributed by atoms with van der Waals surface area (Å²) in [7, 11) is 0. The van der Waals surface area contributed by atoms with Gasteiger partial charge in [0.05, 0.1) is 11.3 Å². The molecule has 0 saturated heterocycles. The summed E-state index contributed by atoms with van der Waals surface area (Å²) in [4.78, 5) is 25.4. The van der Waals surface area contributed by atoms with Gasteiger partial charge in [-0.15, -0.1) is 11.3 Å². The smallest absolute Gasteiger partial charge is 0.266 e. The molecule has 1 aliphatic heterocycles. The minimum absolute atomic E-state index is 0.159. The SMILES string of the molecule is O=C(Nc1ccc(-c2ccccc2)c2c1C(=O)NC2)c1sccc1Br. The van der Waals surface area contributed by atoms with E-state index in [1.807, 2.05) is 47.8 Å². The van der Waals surface area contributed by atoms with Crippen molar-refractivity contribution in [2.75, 3.05) is 5.32 Å². The maximum Gasteiger partial charge on any atom is 0.266 e. The predicted molar refractivity (Wildman–Crippen MR) is 103 cm³/mol. The first-order valence-corrected chi connectivity index (χ1v) is 9.36. The van der Waals surface area contributed by atoms with E-state index in [-0.39, 0.29) is 11.8 Å². The molecule has 25 heavy (non-hydrogen) atoms. The fraction of sp³-hybridized carbons (Fsp3) is 0.0526. The molecule has 4 nitrogen and oxygen atoms in total. The maximum absolute atomic E-state index is 12.5. The zero-order chi connectivity index (χ0) is 17.4. The average molecular weight is 413 g/mol. The molecule has 0 saturated carbocycles. The molecular formula is C19H13BrN2O2S. The Labute approximate surface area is 157 Å². The number of rotatable bonds is 3. The van der Waals surface area contributed by atoms with Crippen molar-refractivity contribution in [1.29, 1.82) is 0 Å². The lowest BCUT2D eigenvalue weighted by atomic mass is 9.95. The monoisotopic (exact) mass is 412 g/mol. The van der Waals surface area contributed by atoms with Gasteiger partial charge in [0.15, 0.2) is 0 Å². The van der Waals surface area contributed by atoms with Gasteiger partial charge in [0.25, 0.3) is 11.8 Å². The number of benzene rings is 2. The van der Waals surface area contributed by atoms with Gasteiger partial charge in [-0.2, -0.15) is 0 Å². The van der Waals surface area contributed by atoms with Crippen LogP contribution in [0.15, 0.2) is 58.4 Å². The summed E-state index contributed by atoms with van der Waals surface area (Å²) in [5.41, 5.74) is 4.05. The third-order valence-corrected chi connectivity index (χ3v) is 5.96. The van der Waals surface area contributed by atoms with Gasteiger partial charge in [-0.3, -0.25) is 9.59 Å². The number of carbonyl (C=O) groups is 2. The second-order valence-corrected chi connectivity index (χ2v) is 7.39. The molecule has 2 aromatic carbocycles. The molecule has 0 radical (unpaired) electrons. The third-order valence-electron chi connectivity index (χ3n) is 4.12. The lowest BCUT2D eigenvalue weighted by molar-refractivity contribution is 0.0966. The van der Waals surface area contributed by atoms with E-state index in [0.717, 1.165) is 21.2 Å². The summed E-state index contributed by atoms with van der Waals surface area (Å²) in [5, 5.41) is 7.58. The second-order valence-electron chi connectivity index (χ2n) is 5.61. The number of thiophene rings is 1. The average Bonchev–Trinajstić information content (AvgIpc) is 3.22. The summed E-state index contributed by atoms with van der Waals surface area (Å²) in [6, 6.07) is 15.5. The number of hydrogen-bond acceptors (Lipinski definition) is 3. The largest absolute Gasteiger partial charge is 0.348 e. The number of hydrogen-bond donors (Lipinski definition) is 2. The highest BCUT2D eigenvalue weighted by Crippen LogP contribution is 2.34. The van der Waals surface area contributed by atoms with Crippen LogP contribution in [0.2, 0.25) is 0 Å². The summed E-state index contributed by atoms with van der Waals surface area (Å²) >= 11 is 4.72. The van der Waals surface area contributed by atoms with Crippen LogP contribution in [-0.2, 0) is 6.54 Å². The molecule has 0 atom stereocenters. The summed E-state index contributed by atoms with van der Waals surface area (Å²) in [6.07, 6.45) is 0. The van der Waals surface area contributed by atoms with E-state index < -0.39 is 0 Å². The minimum atomic E-state index is -0.226. The van der Waals surface area contributed by atoms with E-state index in [2.05, 4.69) is 26.6 Å².